The zero-order valence-electron chi connectivity index (χ0n) is 17.6. The molecular formula is C25H27N3O2. The van der Waals surface area contributed by atoms with Crippen molar-refractivity contribution >= 4 is 28.9 Å². The molecule has 2 amide bonds. The van der Waals surface area contributed by atoms with Crippen molar-refractivity contribution in [3.05, 3.63) is 89.0 Å². The van der Waals surface area contributed by atoms with Gasteiger partial charge in [0.15, 0.2) is 0 Å². The summed E-state index contributed by atoms with van der Waals surface area (Å²) in [6.45, 7) is 6.26. The third-order valence-corrected chi connectivity index (χ3v) is 4.87. The molecule has 3 rings (SSSR count). The Kier molecular flexibility index (Phi) is 6.86. The molecule has 0 heterocycles. The van der Waals surface area contributed by atoms with Crippen LogP contribution in [0.2, 0.25) is 0 Å². The van der Waals surface area contributed by atoms with Crippen LogP contribution in [0.15, 0.2) is 66.7 Å². The predicted octanol–water partition coefficient (Wildman–Crippen LogP) is 5.17. The van der Waals surface area contributed by atoms with E-state index in [-0.39, 0.29) is 18.4 Å². The van der Waals surface area contributed by atoms with Crippen molar-refractivity contribution in [2.45, 2.75) is 27.2 Å². The van der Waals surface area contributed by atoms with Gasteiger partial charge in [-0.05, 0) is 67.8 Å². The number of benzene rings is 3. The molecule has 3 aromatic carbocycles. The summed E-state index contributed by atoms with van der Waals surface area (Å²) in [4.78, 5) is 24.7. The highest BCUT2D eigenvalue weighted by atomic mass is 16.2. The summed E-state index contributed by atoms with van der Waals surface area (Å²) in [6, 6.07) is 20.6. The fourth-order valence-corrected chi connectivity index (χ4v) is 3.28. The van der Waals surface area contributed by atoms with E-state index in [9.17, 15) is 9.59 Å². The average molecular weight is 402 g/mol. The number of nitrogens with one attached hydrogen (secondary N) is 3. The van der Waals surface area contributed by atoms with E-state index in [2.05, 4.69) is 28.9 Å². The first kappa shape index (κ1) is 21.1. The fourth-order valence-electron chi connectivity index (χ4n) is 3.28. The van der Waals surface area contributed by atoms with Gasteiger partial charge in [-0.25, -0.2) is 0 Å². The van der Waals surface area contributed by atoms with E-state index >= 15 is 0 Å². The molecule has 0 aromatic heterocycles. The summed E-state index contributed by atoms with van der Waals surface area (Å²) in [5.74, 6) is -0.290. The van der Waals surface area contributed by atoms with Crippen LogP contribution in [0.25, 0.3) is 0 Å². The second-order valence-corrected chi connectivity index (χ2v) is 7.27. The third-order valence-electron chi connectivity index (χ3n) is 4.87. The van der Waals surface area contributed by atoms with Gasteiger partial charge in [-0.3, -0.25) is 9.59 Å². The lowest BCUT2D eigenvalue weighted by molar-refractivity contribution is -0.114. The van der Waals surface area contributed by atoms with Crippen molar-refractivity contribution in [1.82, 2.24) is 0 Å². The Morgan fingerprint density at radius 3 is 2.17 bits per heavy atom. The van der Waals surface area contributed by atoms with Crippen LogP contribution in [-0.2, 0) is 11.2 Å². The normalized spacial score (nSPS) is 10.4. The van der Waals surface area contributed by atoms with E-state index in [0.29, 0.717) is 16.9 Å². The van der Waals surface area contributed by atoms with Gasteiger partial charge in [0, 0.05) is 22.6 Å². The van der Waals surface area contributed by atoms with Crippen molar-refractivity contribution in [2.24, 2.45) is 0 Å². The minimum absolute atomic E-state index is 0.128. The van der Waals surface area contributed by atoms with Crippen LogP contribution < -0.4 is 16.0 Å². The molecular weight excluding hydrogens is 374 g/mol. The lowest BCUT2D eigenvalue weighted by atomic mass is 10.1. The number of para-hydroxylation sites is 1. The van der Waals surface area contributed by atoms with Gasteiger partial charge in [0.05, 0.1) is 6.54 Å². The lowest BCUT2D eigenvalue weighted by Gasteiger charge is -2.14. The first-order valence-electron chi connectivity index (χ1n) is 10.1. The number of aryl methyl sites for hydroxylation is 3. The lowest BCUT2D eigenvalue weighted by Crippen LogP contribution is -2.22. The third kappa shape index (κ3) is 5.47. The summed E-state index contributed by atoms with van der Waals surface area (Å²) in [5, 5.41) is 8.99. The Balaban J connectivity index is 1.55. The topological polar surface area (TPSA) is 70.2 Å². The predicted molar refractivity (Wildman–Crippen MR) is 123 cm³/mol. The first-order chi connectivity index (χ1) is 14.5. The van der Waals surface area contributed by atoms with E-state index in [0.717, 1.165) is 23.2 Å². The molecule has 5 heteroatoms. The quantitative estimate of drug-likeness (QED) is 0.512. The van der Waals surface area contributed by atoms with Gasteiger partial charge in [0.25, 0.3) is 5.91 Å². The van der Waals surface area contributed by atoms with Gasteiger partial charge in [-0.2, -0.15) is 0 Å². The summed E-state index contributed by atoms with van der Waals surface area (Å²) in [7, 11) is 0. The maximum absolute atomic E-state index is 12.3. The zero-order valence-corrected chi connectivity index (χ0v) is 17.6. The van der Waals surface area contributed by atoms with Gasteiger partial charge in [0.2, 0.25) is 5.91 Å². The maximum Gasteiger partial charge on any atom is 0.255 e. The molecule has 30 heavy (non-hydrogen) atoms. The van der Waals surface area contributed by atoms with E-state index in [1.54, 1.807) is 30.3 Å². The number of hydrogen-bond donors (Lipinski definition) is 3. The van der Waals surface area contributed by atoms with Crippen LogP contribution >= 0.6 is 0 Å². The average Bonchev–Trinajstić information content (AvgIpc) is 2.74. The highest BCUT2D eigenvalue weighted by Gasteiger charge is 2.08. The second-order valence-electron chi connectivity index (χ2n) is 7.27. The molecule has 0 atom stereocenters. The molecule has 0 fully saturated rings. The van der Waals surface area contributed by atoms with Gasteiger partial charge in [0.1, 0.15) is 0 Å². The van der Waals surface area contributed by atoms with Crippen LogP contribution in [0.3, 0.4) is 0 Å². The van der Waals surface area contributed by atoms with Crippen LogP contribution in [0.1, 0.15) is 34.0 Å². The Morgan fingerprint density at radius 1 is 0.833 bits per heavy atom. The summed E-state index contributed by atoms with van der Waals surface area (Å²) in [5.41, 5.74) is 6.32. The molecule has 0 aliphatic rings. The van der Waals surface area contributed by atoms with Crippen molar-refractivity contribution in [3.8, 4) is 0 Å². The molecule has 3 N–H and O–H groups in total. The summed E-state index contributed by atoms with van der Waals surface area (Å²) < 4.78 is 0. The molecule has 0 unspecified atom stereocenters. The smallest absolute Gasteiger partial charge is 0.255 e. The standard InChI is InChI=1S/C25H27N3O2/c1-4-19-9-6-8-18(3)24(19)26-16-23(29)27-21-11-13-22(14-12-21)28-25(30)20-10-5-7-17(2)15-20/h5-15,26H,4,16H2,1-3H3,(H,27,29)(H,28,30). The van der Waals surface area contributed by atoms with Crippen LogP contribution in [0, 0.1) is 13.8 Å². The van der Waals surface area contributed by atoms with Gasteiger partial charge in [-0.15, -0.1) is 0 Å². The van der Waals surface area contributed by atoms with Crippen molar-refractivity contribution in [2.75, 3.05) is 22.5 Å². The molecule has 0 saturated heterocycles. The molecule has 0 aliphatic carbocycles. The first-order valence-corrected chi connectivity index (χ1v) is 10.1. The molecule has 0 bridgehead atoms. The fraction of sp³-hybridized carbons (Fsp3) is 0.200. The number of carbonyl (C=O) groups excluding carboxylic acids is 2. The second kappa shape index (κ2) is 9.74. The SMILES string of the molecule is CCc1cccc(C)c1NCC(=O)Nc1ccc(NC(=O)c2cccc(C)c2)cc1. The number of anilines is 3. The highest BCUT2D eigenvalue weighted by molar-refractivity contribution is 6.04. The number of hydrogen-bond acceptors (Lipinski definition) is 3. The van der Waals surface area contributed by atoms with E-state index in [1.807, 2.05) is 44.2 Å². The highest BCUT2D eigenvalue weighted by Crippen LogP contribution is 2.21. The monoisotopic (exact) mass is 401 g/mol. The van der Waals surface area contributed by atoms with E-state index in [1.165, 1.54) is 5.56 Å². The molecule has 0 saturated carbocycles. The molecule has 5 nitrogen and oxygen atoms in total. The van der Waals surface area contributed by atoms with Crippen LogP contribution in [0.4, 0.5) is 17.1 Å². The number of amides is 2. The van der Waals surface area contributed by atoms with E-state index < -0.39 is 0 Å². The molecule has 0 spiro atoms. The molecule has 154 valence electrons. The van der Waals surface area contributed by atoms with Gasteiger partial charge < -0.3 is 16.0 Å². The molecule has 0 radical (unpaired) electrons. The number of carbonyl (C=O) groups is 2. The Bertz CT molecular complexity index is 1040. The van der Waals surface area contributed by atoms with Gasteiger partial charge >= 0.3 is 0 Å². The van der Waals surface area contributed by atoms with Crippen molar-refractivity contribution < 1.29 is 9.59 Å². The van der Waals surface area contributed by atoms with Crippen molar-refractivity contribution in [1.29, 1.82) is 0 Å². The minimum Gasteiger partial charge on any atom is -0.376 e. The Morgan fingerprint density at radius 2 is 1.50 bits per heavy atom. The van der Waals surface area contributed by atoms with Gasteiger partial charge in [-0.1, -0.05) is 42.8 Å². The minimum atomic E-state index is -0.162. The van der Waals surface area contributed by atoms with Crippen LogP contribution in [0.5, 0.6) is 0 Å². The maximum atomic E-state index is 12.3. The Hall–Kier alpha value is -3.60. The Labute approximate surface area is 177 Å². The number of rotatable bonds is 7. The summed E-state index contributed by atoms with van der Waals surface area (Å²) >= 11 is 0. The zero-order chi connectivity index (χ0) is 21.5. The van der Waals surface area contributed by atoms with Crippen molar-refractivity contribution in [3.63, 3.8) is 0 Å². The van der Waals surface area contributed by atoms with Crippen LogP contribution in [-0.4, -0.2) is 18.4 Å². The summed E-state index contributed by atoms with van der Waals surface area (Å²) in [6.07, 6.45) is 0.904. The largest absolute Gasteiger partial charge is 0.376 e. The molecule has 0 aliphatic heterocycles. The van der Waals surface area contributed by atoms with E-state index in [4.69, 9.17) is 0 Å². The molecule has 3 aromatic rings.